The molecule has 0 atom stereocenters. The maximum absolute atomic E-state index is 14.2. The minimum absolute atomic E-state index is 0.0882. The van der Waals surface area contributed by atoms with Crippen LogP contribution in [-0.4, -0.2) is 105 Å². The molecule has 0 bridgehead atoms. The SMILES string of the molecule is COc1cccc2c1nc(C(F)F)n2-c1nc(N2CCOCC2)nc(N2CC(NS(=O)(=O)CCS(N)(=O)=O)C2)n1. The number of aromatic nitrogens is 5. The number of para-hydroxylation sites is 1. The van der Waals surface area contributed by atoms with Crippen LogP contribution in [0.2, 0.25) is 0 Å². The molecular weight excluding hydrogens is 576 g/mol. The molecule has 3 N–H and O–H groups in total. The van der Waals surface area contributed by atoms with Gasteiger partial charge in [-0.3, -0.25) is 4.57 Å². The molecule has 40 heavy (non-hydrogen) atoms. The summed E-state index contributed by atoms with van der Waals surface area (Å²) in [6.45, 7) is 2.10. The average molecular weight is 604 g/mol. The number of sulfonamides is 2. The molecule has 2 aliphatic rings. The van der Waals surface area contributed by atoms with Crippen LogP contribution in [0.25, 0.3) is 17.0 Å². The second-order valence-corrected chi connectivity index (χ2v) is 12.8. The van der Waals surface area contributed by atoms with Gasteiger partial charge in [0.25, 0.3) is 6.43 Å². The molecule has 0 spiro atoms. The molecule has 5 rings (SSSR count). The number of hydrogen-bond acceptors (Lipinski definition) is 12. The molecule has 4 heterocycles. The zero-order valence-corrected chi connectivity index (χ0v) is 22.9. The van der Waals surface area contributed by atoms with Gasteiger partial charge < -0.3 is 19.3 Å². The Kier molecular flexibility index (Phi) is 7.75. The van der Waals surface area contributed by atoms with Crippen LogP contribution in [0.3, 0.4) is 0 Å². The summed E-state index contributed by atoms with van der Waals surface area (Å²) in [6, 6.07) is 4.30. The number of imidazole rings is 1. The van der Waals surface area contributed by atoms with Crippen LogP contribution in [0, 0.1) is 0 Å². The zero-order valence-electron chi connectivity index (χ0n) is 21.3. The van der Waals surface area contributed by atoms with Gasteiger partial charge in [-0.1, -0.05) is 6.07 Å². The molecule has 218 valence electrons. The van der Waals surface area contributed by atoms with Gasteiger partial charge in [0.1, 0.15) is 11.3 Å². The third-order valence-electron chi connectivity index (χ3n) is 6.33. The van der Waals surface area contributed by atoms with Gasteiger partial charge in [-0.05, 0) is 12.1 Å². The Morgan fingerprint density at radius 3 is 2.30 bits per heavy atom. The van der Waals surface area contributed by atoms with Crippen molar-refractivity contribution in [3.05, 3.63) is 24.0 Å². The third kappa shape index (κ3) is 6.07. The van der Waals surface area contributed by atoms with Gasteiger partial charge in [0.2, 0.25) is 37.9 Å². The standard InChI is InChI=1S/C21H27F2N9O6S2/c1-37-15-4-2-3-14-16(15)25-18(17(22)23)32(14)21-27-19(30-5-7-38-8-6-30)26-20(28-21)31-11-13(12-31)29-40(35,36)10-9-39(24,33)34/h2-4,13,17,29H,5-12H2,1H3,(H2,24,33,34). The molecule has 2 saturated heterocycles. The van der Waals surface area contributed by atoms with Crippen molar-refractivity contribution in [2.24, 2.45) is 5.14 Å². The van der Waals surface area contributed by atoms with E-state index in [-0.39, 0.29) is 36.5 Å². The number of anilines is 2. The molecule has 2 aliphatic heterocycles. The van der Waals surface area contributed by atoms with E-state index in [1.54, 1.807) is 23.1 Å². The Labute approximate surface area is 228 Å². The fourth-order valence-electron chi connectivity index (χ4n) is 4.36. The van der Waals surface area contributed by atoms with Crippen LogP contribution in [0.4, 0.5) is 20.7 Å². The van der Waals surface area contributed by atoms with Gasteiger partial charge in [0, 0.05) is 26.2 Å². The quantitative estimate of drug-likeness (QED) is 0.300. The van der Waals surface area contributed by atoms with Gasteiger partial charge in [-0.2, -0.15) is 15.0 Å². The number of halogens is 2. The molecule has 3 aromatic rings. The minimum atomic E-state index is -3.95. The molecule has 0 radical (unpaired) electrons. The zero-order chi connectivity index (χ0) is 28.7. The number of primary sulfonamides is 1. The first-order valence-corrected chi connectivity index (χ1v) is 15.5. The van der Waals surface area contributed by atoms with Gasteiger partial charge in [0.05, 0.1) is 43.4 Å². The Morgan fingerprint density at radius 1 is 1.02 bits per heavy atom. The Balaban J connectivity index is 1.48. The van der Waals surface area contributed by atoms with Crippen molar-refractivity contribution >= 4 is 43.0 Å². The van der Waals surface area contributed by atoms with E-state index in [0.29, 0.717) is 37.6 Å². The van der Waals surface area contributed by atoms with E-state index < -0.39 is 49.8 Å². The Hall–Kier alpha value is -3.26. The minimum Gasteiger partial charge on any atom is -0.494 e. The third-order valence-corrected chi connectivity index (χ3v) is 8.80. The number of methoxy groups -OCH3 is 1. The van der Waals surface area contributed by atoms with Crippen LogP contribution >= 0.6 is 0 Å². The lowest BCUT2D eigenvalue weighted by Crippen LogP contribution is -2.60. The first-order valence-electron chi connectivity index (χ1n) is 12.1. The van der Waals surface area contributed by atoms with Gasteiger partial charge in [-0.25, -0.2) is 40.5 Å². The molecule has 0 saturated carbocycles. The van der Waals surface area contributed by atoms with Crippen LogP contribution < -0.4 is 24.4 Å². The lowest BCUT2D eigenvalue weighted by atomic mass is 10.1. The van der Waals surface area contributed by atoms with Crippen LogP contribution in [0.5, 0.6) is 5.75 Å². The number of nitrogens with zero attached hydrogens (tertiary/aromatic N) is 7. The lowest BCUT2D eigenvalue weighted by Gasteiger charge is -2.39. The fourth-order valence-corrected chi connectivity index (χ4v) is 6.94. The number of nitrogens with one attached hydrogen (secondary N) is 1. The number of fused-ring (bicyclic) bond motifs is 1. The van der Waals surface area contributed by atoms with Crippen molar-refractivity contribution in [1.29, 1.82) is 0 Å². The highest BCUT2D eigenvalue weighted by molar-refractivity contribution is 7.93. The van der Waals surface area contributed by atoms with E-state index >= 15 is 0 Å². The molecule has 15 nitrogen and oxygen atoms in total. The highest BCUT2D eigenvalue weighted by Crippen LogP contribution is 2.32. The van der Waals surface area contributed by atoms with Gasteiger partial charge in [0.15, 0.2) is 5.82 Å². The number of benzene rings is 1. The summed E-state index contributed by atoms with van der Waals surface area (Å²) >= 11 is 0. The first-order chi connectivity index (χ1) is 18.9. The van der Waals surface area contributed by atoms with Crippen LogP contribution in [0.1, 0.15) is 12.2 Å². The predicted molar refractivity (Wildman–Crippen MR) is 140 cm³/mol. The van der Waals surface area contributed by atoms with Crippen molar-refractivity contribution in [1.82, 2.24) is 29.2 Å². The summed E-state index contributed by atoms with van der Waals surface area (Å²) in [4.78, 5) is 21.1. The number of morpholine rings is 1. The highest BCUT2D eigenvalue weighted by atomic mass is 32.2. The van der Waals surface area contributed by atoms with Crippen molar-refractivity contribution in [2.75, 3.05) is 67.8 Å². The van der Waals surface area contributed by atoms with E-state index in [1.165, 1.54) is 7.11 Å². The van der Waals surface area contributed by atoms with Gasteiger partial charge in [-0.15, -0.1) is 0 Å². The highest BCUT2D eigenvalue weighted by Gasteiger charge is 2.34. The smallest absolute Gasteiger partial charge is 0.296 e. The number of alkyl halides is 2. The Bertz CT molecular complexity index is 1610. The summed E-state index contributed by atoms with van der Waals surface area (Å²) in [6.07, 6.45) is -2.95. The second kappa shape index (κ2) is 11.0. The molecule has 0 aliphatic carbocycles. The summed E-state index contributed by atoms with van der Waals surface area (Å²) in [5.74, 6) is -1.35. The van der Waals surface area contributed by atoms with E-state index in [4.69, 9.17) is 14.6 Å². The molecule has 0 amide bonds. The second-order valence-electron chi connectivity index (χ2n) is 9.17. The van der Waals surface area contributed by atoms with Crippen molar-refractivity contribution in [3.8, 4) is 11.7 Å². The number of hydrogen-bond donors (Lipinski definition) is 2. The predicted octanol–water partition coefficient (Wildman–Crippen LogP) is -0.610. The lowest BCUT2D eigenvalue weighted by molar-refractivity contribution is 0.122. The number of ether oxygens (including phenoxy) is 2. The largest absolute Gasteiger partial charge is 0.494 e. The van der Waals surface area contributed by atoms with Crippen molar-refractivity contribution in [2.45, 2.75) is 12.5 Å². The molecule has 19 heteroatoms. The number of rotatable bonds is 10. The van der Waals surface area contributed by atoms with Crippen molar-refractivity contribution < 1.29 is 35.1 Å². The van der Waals surface area contributed by atoms with Crippen LogP contribution in [-0.2, 0) is 24.8 Å². The van der Waals surface area contributed by atoms with E-state index in [2.05, 4.69) is 24.7 Å². The maximum atomic E-state index is 14.2. The average Bonchev–Trinajstić information content (AvgIpc) is 3.30. The van der Waals surface area contributed by atoms with E-state index in [1.807, 2.05) is 4.90 Å². The number of nitrogens with two attached hydrogens (primary N) is 1. The molecule has 2 fully saturated rings. The molecule has 2 aromatic heterocycles. The maximum Gasteiger partial charge on any atom is 0.296 e. The molecule has 1 aromatic carbocycles. The Morgan fingerprint density at radius 2 is 1.68 bits per heavy atom. The van der Waals surface area contributed by atoms with E-state index in [9.17, 15) is 25.6 Å². The summed E-state index contributed by atoms with van der Waals surface area (Å²) < 4.78 is 89.5. The summed E-state index contributed by atoms with van der Waals surface area (Å²) in [7, 11) is -6.45. The summed E-state index contributed by atoms with van der Waals surface area (Å²) in [5.41, 5.74) is 0.525. The topological polar surface area (TPSA) is 188 Å². The summed E-state index contributed by atoms with van der Waals surface area (Å²) in [5, 5.41) is 4.91. The van der Waals surface area contributed by atoms with Gasteiger partial charge >= 0.3 is 0 Å². The first kappa shape index (κ1) is 28.3. The monoisotopic (exact) mass is 603 g/mol. The normalized spacial score (nSPS) is 17.0. The fraction of sp³-hybridized carbons (Fsp3) is 0.524. The molecule has 0 unspecified atom stereocenters. The molecular formula is C21H27F2N9O6S2. The van der Waals surface area contributed by atoms with Crippen molar-refractivity contribution in [3.63, 3.8) is 0 Å². The van der Waals surface area contributed by atoms with E-state index in [0.717, 1.165) is 4.57 Å². The van der Waals surface area contributed by atoms with Crippen LogP contribution in [0.15, 0.2) is 18.2 Å².